The number of rotatable bonds is 26. The Bertz CT molecular complexity index is 368. The molecule has 1 saturated heterocycles. The Morgan fingerprint density at radius 2 is 0.939 bits per heavy atom. The van der Waals surface area contributed by atoms with E-state index in [-0.39, 0.29) is 6.29 Å². The van der Waals surface area contributed by atoms with Crippen LogP contribution < -0.4 is 0 Å². The summed E-state index contributed by atoms with van der Waals surface area (Å²) in [5.74, 6) is 0. The van der Waals surface area contributed by atoms with Gasteiger partial charge in [-0.05, 0) is 25.7 Å². The van der Waals surface area contributed by atoms with Crippen LogP contribution in [0.15, 0.2) is 0 Å². The van der Waals surface area contributed by atoms with Crippen molar-refractivity contribution in [2.75, 3.05) is 106 Å². The van der Waals surface area contributed by atoms with E-state index in [0.717, 1.165) is 32.5 Å². The molecule has 0 aliphatic carbocycles. The molecule has 1 unspecified atom stereocenters. The molecule has 1 fully saturated rings. The minimum absolute atomic E-state index is 0.0534. The van der Waals surface area contributed by atoms with Crippen LogP contribution in [0.5, 0.6) is 0 Å². The van der Waals surface area contributed by atoms with Crippen molar-refractivity contribution in [3.8, 4) is 0 Å². The van der Waals surface area contributed by atoms with Gasteiger partial charge in [0, 0.05) is 13.2 Å². The molecule has 0 aromatic rings. The molecule has 0 spiro atoms. The van der Waals surface area contributed by atoms with E-state index in [1.54, 1.807) is 0 Å². The van der Waals surface area contributed by atoms with Crippen molar-refractivity contribution >= 4 is 0 Å². The molecule has 33 heavy (non-hydrogen) atoms. The molecule has 1 heterocycles. The lowest BCUT2D eigenvalue weighted by atomic mass is 10.2. The average molecular weight is 481 g/mol. The van der Waals surface area contributed by atoms with Gasteiger partial charge in [-0.15, -0.1) is 0 Å². The van der Waals surface area contributed by atoms with Crippen LogP contribution in [-0.4, -0.2) is 112 Å². The Hall–Kier alpha value is -0.360. The van der Waals surface area contributed by atoms with Crippen molar-refractivity contribution in [2.24, 2.45) is 0 Å². The second-order valence-corrected chi connectivity index (χ2v) is 7.66. The number of hydrogen-bond acceptors (Lipinski definition) is 9. The third kappa shape index (κ3) is 23.2. The summed E-state index contributed by atoms with van der Waals surface area (Å²) < 4.78 is 49.3. The fourth-order valence-corrected chi connectivity index (χ4v) is 2.96. The van der Waals surface area contributed by atoms with Gasteiger partial charge in [-0.1, -0.05) is 19.8 Å². The maximum absolute atomic E-state index is 5.60. The van der Waals surface area contributed by atoms with Gasteiger partial charge in [0.15, 0.2) is 6.29 Å². The van der Waals surface area contributed by atoms with Gasteiger partial charge >= 0.3 is 0 Å². The van der Waals surface area contributed by atoms with E-state index in [4.69, 9.17) is 42.6 Å². The SMILES string of the molecule is CCCCCOCCOCCOCCOCCOCCOCCOCCOC1CCCCO1. The topological polar surface area (TPSA) is 83.1 Å². The summed E-state index contributed by atoms with van der Waals surface area (Å²) in [5.41, 5.74) is 0. The van der Waals surface area contributed by atoms with Crippen molar-refractivity contribution in [1.82, 2.24) is 0 Å². The van der Waals surface area contributed by atoms with Gasteiger partial charge in [0.1, 0.15) is 0 Å². The van der Waals surface area contributed by atoms with Crippen molar-refractivity contribution < 1.29 is 42.6 Å². The summed E-state index contributed by atoms with van der Waals surface area (Å²) in [5, 5.41) is 0. The normalized spacial score (nSPS) is 16.5. The van der Waals surface area contributed by atoms with E-state index in [2.05, 4.69) is 6.92 Å². The van der Waals surface area contributed by atoms with Gasteiger partial charge in [-0.2, -0.15) is 0 Å². The van der Waals surface area contributed by atoms with Gasteiger partial charge in [-0.3, -0.25) is 0 Å². The van der Waals surface area contributed by atoms with Crippen molar-refractivity contribution in [2.45, 2.75) is 51.7 Å². The van der Waals surface area contributed by atoms with Crippen LogP contribution in [0, 0.1) is 0 Å². The van der Waals surface area contributed by atoms with Crippen LogP contribution in [-0.2, 0) is 42.6 Å². The summed E-state index contributed by atoms with van der Waals surface area (Å²) in [6.07, 6.45) is 6.80. The number of unbranched alkanes of at least 4 members (excludes halogenated alkanes) is 2. The molecule has 0 N–H and O–H groups in total. The van der Waals surface area contributed by atoms with Crippen LogP contribution in [0.4, 0.5) is 0 Å². The van der Waals surface area contributed by atoms with E-state index in [1.165, 1.54) is 19.3 Å². The zero-order valence-corrected chi connectivity index (χ0v) is 20.8. The lowest BCUT2D eigenvalue weighted by Gasteiger charge is -2.22. The summed E-state index contributed by atoms with van der Waals surface area (Å²) in [6.45, 7) is 11.7. The van der Waals surface area contributed by atoms with Gasteiger partial charge < -0.3 is 42.6 Å². The predicted octanol–water partition coefficient (Wildman–Crippen LogP) is 2.84. The van der Waals surface area contributed by atoms with Gasteiger partial charge in [0.05, 0.1) is 92.5 Å². The summed E-state index contributed by atoms with van der Waals surface area (Å²) in [6, 6.07) is 0. The summed E-state index contributed by atoms with van der Waals surface area (Å²) in [7, 11) is 0. The first-order chi connectivity index (χ1) is 16.4. The molecular formula is C24H48O9. The van der Waals surface area contributed by atoms with Crippen LogP contribution in [0.1, 0.15) is 45.4 Å². The smallest absolute Gasteiger partial charge is 0.157 e. The summed E-state index contributed by atoms with van der Waals surface area (Å²) >= 11 is 0. The lowest BCUT2D eigenvalue weighted by Crippen LogP contribution is -2.24. The highest BCUT2D eigenvalue weighted by molar-refractivity contribution is 4.53. The van der Waals surface area contributed by atoms with Gasteiger partial charge in [0.2, 0.25) is 0 Å². The Morgan fingerprint density at radius 3 is 1.33 bits per heavy atom. The molecule has 9 heteroatoms. The Morgan fingerprint density at radius 1 is 0.515 bits per heavy atom. The van der Waals surface area contributed by atoms with Crippen LogP contribution in [0.25, 0.3) is 0 Å². The quantitative estimate of drug-likeness (QED) is 0.174. The largest absolute Gasteiger partial charge is 0.379 e. The highest BCUT2D eigenvalue weighted by atomic mass is 16.7. The highest BCUT2D eigenvalue weighted by Crippen LogP contribution is 2.13. The molecule has 9 nitrogen and oxygen atoms in total. The molecule has 0 amide bonds. The third-order valence-corrected chi connectivity index (χ3v) is 4.79. The molecule has 0 aromatic carbocycles. The second kappa shape index (κ2) is 26.2. The minimum Gasteiger partial charge on any atom is -0.379 e. The molecule has 1 aliphatic heterocycles. The number of hydrogen-bond donors (Lipinski definition) is 0. The molecule has 0 radical (unpaired) electrons. The fraction of sp³-hybridized carbons (Fsp3) is 1.00. The molecule has 198 valence electrons. The van der Waals surface area contributed by atoms with Crippen LogP contribution >= 0.6 is 0 Å². The van der Waals surface area contributed by atoms with E-state index in [9.17, 15) is 0 Å². The van der Waals surface area contributed by atoms with Crippen LogP contribution in [0.2, 0.25) is 0 Å². The third-order valence-electron chi connectivity index (χ3n) is 4.79. The Balaban J connectivity index is 1.62. The zero-order valence-electron chi connectivity index (χ0n) is 20.8. The highest BCUT2D eigenvalue weighted by Gasteiger charge is 2.13. The first-order valence-corrected chi connectivity index (χ1v) is 12.7. The lowest BCUT2D eigenvalue weighted by molar-refractivity contribution is -0.169. The summed E-state index contributed by atoms with van der Waals surface area (Å²) in [4.78, 5) is 0. The first-order valence-electron chi connectivity index (χ1n) is 12.7. The van der Waals surface area contributed by atoms with E-state index in [1.807, 2.05) is 0 Å². The zero-order chi connectivity index (χ0) is 23.5. The predicted molar refractivity (Wildman–Crippen MR) is 125 cm³/mol. The van der Waals surface area contributed by atoms with E-state index >= 15 is 0 Å². The van der Waals surface area contributed by atoms with Crippen molar-refractivity contribution in [1.29, 1.82) is 0 Å². The Kier molecular flexibility index (Phi) is 24.4. The first kappa shape index (κ1) is 30.7. The standard InChI is InChI=1S/C24H48O9/c1-2-3-5-8-25-10-11-26-12-13-27-14-15-28-16-17-29-18-19-30-20-21-31-22-23-33-24-7-4-6-9-32-24/h24H,2-23H2,1H3. The van der Waals surface area contributed by atoms with Gasteiger partial charge in [0.25, 0.3) is 0 Å². The molecule has 0 saturated carbocycles. The van der Waals surface area contributed by atoms with E-state index < -0.39 is 0 Å². The molecule has 1 atom stereocenters. The molecular weight excluding hydrogens is 432 g/mol. The molecule has 0 aromatic heterocycles. The molecule has 1 rings (SSSR count). The van der Waals surface area contributed by atoms with E-state index in [0.29, 0.717) is 92.5 Å². The monoisotopic (exact) mass is 480 g/mol. The minimum atomic E-state index is -0.0534. The maximum atomic E-state index is 5.60. The van der Waals surface area contributed by atoms with Crippen molar-refractivity contribution in [3.63, 3.8) is 0 Å². The average Bonchev–Trinajstić information content (AvgIpc) is 2.84. The maximum Gasteiger partial charge on any atom is 0.157 e. The van der Waals surface area contributed by atoms with Crippen LogP contribution in [0.3, 0.4) is 0 Å². The van der Waals surface area contributed by atoms with Crippen molar-refractivity contribution in [3.05, 3.63) is 0 Å². The Labute approximate surface area is 200 Å². The molecule has 0 bridgehead atoms. The second-order valence-electron chi connectivity index (χ2n) is 7.66. The molecule has 1 aliphatic rings. The number of ether oxygens (including phenoxy) is 9. The fourth-order valence-electron chi connectivity index (χ4n) is 2.96. The van der Waals surface area contributed by atoms with Gasteiger partial charge in [-0.25, -0.2) is 0 Å².